The lowest BCUT2D eigenvalue weighted by Crippen LogP contribution is -2.20. The van der Waals surface area contributed by atoms with Crippen LogP contribution < -0.4 is 10.1 Å². The Morgan fingerprint density at radius 2 is 1.92 bits per heavy atom. The molecule has 1 atom stereocenters. The maximum absolute atomic E-state index is 12.0. The molecule has 1 unspecified atom stereocenters. The van der Waals surface area contributed by atoms with Gasteiger partial charge in [-0.15, -0.1) is 0 Å². The van der Waals surface area contributed by atoms with Gasteiger partial charge in [0.05, 0.1) is 12.2 Å². The number of benzene rings is 2. The fourth-order valence-corrected chi connectivity index (χ4v) is 4.75. The molecular weight excluding hydrogens is 518 g/mol. The predicted octanol–water partition coefficient (Wildman–Crippen LogP) is 5.83. The minimum absolute atomic E-state index is 0.130. The van der Waals surface area contributed by atoms with Gasteiger partial charge in [-0.1, -0.05) is 35.4 Å². The van der Waals surface area contributed by atoms with Gasteiger partial charge in [-0.25, -0.2) is 19.7 Å². The number of aromatic carboxylic acids is 1. The first-order valence-electron chi connectivity index (χ1n) is 13.1. The highest BCUT2D eigenvalue weighted by molar-refractivity contribution is 6.30. The summed E-state index contributed by atoms with van der Waals surface area (Å²) in [6.45, 7) is 5.63. The molecule has 1 aliphatic rings. The smallest absolute Gasteiger partial charge is 0.374 e. The molecule has 4 aromatic rings. The summed E-state index contributed by atoms with van der Waals surface area (Å²) in [7, 11) is 1.67. The van der Waals surface area contributed by atoms with E-state index in [-0.39, 0.29) is 11.9 Å². The van der Waals surface area contributed by atoms with Crippen molar-refractivity contribution in [3.63, 3.8) is 0 Å². The summed E-state index contributed by atoms with van der Waals surface area (Å²) in [6, 6.07) is 13.7. The topological polar surface area (TPSA) is 111 Å². The minimum atomic E-state index is -1.20. The van der Waals surface area contributed by atoms with Crippen LogP contribution in [0.4, 0.5) is 5.82 Å². The van der Waals surface area contributed by atoms with Gasteiger partial charge >= 0.3 is 5.97 Å². The molecule has 39 heavy (non-hydrogen) atoms. The van der Waals surface area contributed by atoms with E-state index in [2.05, 4.69) is 22.2 Å². The first-order valence-corrected chi connectivity index (χ1v) is 13.5. The van der Waals surface area contributed by atoms with Gasteiger partial charge in [-0.05, 0) is 62.4 Å². The molecule has 0 saturated heterocycles. The van der Waals surface area contributed by atoms with Gasteiger partial charge in [0, 0.05) is 37.7 Å². The lowest BCUT2D eigenvalue weighted by Gasteiger charge is -2.17. The number of halogens is 1. The van der Waals surface area contributed by atoms with Crippen molar-refractivity contribution < 1.29 is 19.4 Å². The molecular formula is C29H32ClN5O4. The van der Waals surface area contributed by atoms with E-state index in [9.17, 15) is 9.90 Å². The van der Waals surface area contributed by atoms with Crippen LogP contribution in [0.3, 0.4) is 0 Å². The van der Waals surface area contributed by atoms with Crippen molar-refractivity contribution >= 4 is 34.6 Å². The zero-order valence-corrected chi connectivity index (χ0v) is 23.0. The van der Waals surface area contributed by atoms with Crippen LogP contribution in [0, 0.1) is 12.8 Å². The van der Waals surface area contributed by atoms with E-state index in [0.717, 1.165) is 36.0 Å². The quantitative estimate of drug-likeness (QED) is 0.212. The van der Waals surface area contributed by atoms with Crippen molar-refractivity contribution in [2.75, 3.05) is 25.6 Å². The lowest BCUT2D eigenvalue weighted by atomic mass is 10.1. The third-order valence-electron chi connectivity index (χ3n) is 6.87. The molecule has 5 rings (SSSR count). The number of ether oxygens (including phenoxy) is 2. The first-order chi connectivity index (χ1) is 18.8. The number of hydrogen-bond donors (Lipinski definition) is 2. The maximum atomic E-state index is 12.0. The molecule has 204 valence electrons. The molecule has 9 nitrogen and oxygen atoms in total. The van der Waals surface area contributed by atoms with Gasteiger partial charge < -0.3 is 24.5 Å². The summed E-state index contributed by atoms with van der Waals surface area (Å²) in [4.78, 5) is 25.6. The van der Waals surface area contributed by atoms with Gasteiger partial charge in [-0.3, -0.25) is 0 Å². The van der Waals surface area contributed by atoms with Crippen molar-refractivity contribution in [3.05, 3.63) is 64.4 Å². The number of aromatic nitrogens is 4. The largest absolute Gasteiger partial charge is 0.493 e. The molecule has 0 spiro atoms. The number of anilines is 1. The Morgan fingerprint density at radius 1 is 1.15 bits per heavy atom. The zero-order chi connectivity index (χ0) is 27.5. The third-order valence-corrected chi connectivity index (χ3v) is 7.12. The molecule has 1 saturated carbocycles. The number of hydrogen-bond acceptors (Lipinski definition) is 7. The highest BCUT2D eigenvalue weighted by atomic mass is 35.5. The average molecular weight is 550 g/mol. The molecule has 1 aliphatic carbocycles. The number of carboxylic acid groups (broad SMARTS) is 1. The van der Waals surface area contributed by atoms with Crippen molar-refractivity contribution in [1.29, 1.82) is 0 Å². The standard InChI is InChI=1S/C29H32ClN5O4/c1-17-5-12-23(39-14-4-13-38-3)22(15-17)28-34-26-24(35(28)16-19-6-10-21(30)11-7-19)25(31-18(2)20-8-9-20)32-27(33-26)29(36)37/h5-7,10-12,15,18,20H,4,8-9,13-14,16H2,1-3H3,(H,36,37)(H,31,32,33). The average Bonchev–Trinajstić information content (AvgIpc) is 3.71. The summed E-state index contributed by atoms with van der Waals surface area (Å²) in [5.74, 6) is 0.779. The Labute approximate surface area is 232 Å². The second-order valence-corrected chi connectivity index (χ2v) is 10.4. The van der Waals surface area contributed by atoms with E-state index >= 15 is 0 Å². The van der Waals surface area contributed by atoms with Gasteiger partial charge in [0.2, 0.25) is 5.82 Å². The molecule has 2 aromatic carbocycles. The number of imidazole rings is 1. The van der Waals surface area contributed by atoms with Crippen molar-refractivity contribution in [2.24, 2.45) is 5.92 Å². The fourth-order valence-electron chi connectivity index (χ4n) is 4.62. The number of carbonyl (C=O) groups is 1. The first kappa shape index (κ1) is 26.9. The summed E-state index contributed by atoms with van der Waals surface area (Å²) >= 11 is 6.16. The summed E-state index contributed by atoms with van der Waals surface area (Å²) in [5.41, 5.74) is 3.78. The SMILES string of the molecule is COCCCOc1ccc(C)cc1-c1nc2nc(C(=O)O)nc(NC(C)C3CC3)c2n1Cc1ccc(Cl)cc1. The van der Waals surface area contributed by atoms with E-state index < -0.39 is 5.97 Å². The molecule has 0 aliphatic heterocycles. The van der Waals surface area contributed by atoms with E-state index in [1.807, 2.05) is 54.0 Å². The molecule has 0 amide bonds. The van der Waals surface area contributed by atoms with Gasteiger partial charge in [0.25, 0.3) is 0 Å². The number of methoxy groups -OCH3 is 1. The minimum Gasteiger partial charge on any atom is -0.493 e. The van der Waals surface area contributed by atoms with Crippen LogP contribution in [0.5, 0.6) is 5.75 Å². The highest BCUT2D eigenvalue weighted by Crippen LogP contribution is 2.37. The van der Waals surface area contributed by atoms with Crippen molar-refractivity contribution in [1.82, 2.24) is 19.5 Å². The second kappa shape index (κ2) is 11.6. The molecule has 10 heteroatoms. The molecule has 0 bridgehead atoms. The van der Waals surface area contributed by atoms with E-state index in [1.165, 1.54) is 0 Å². The van der Waals surface area contributed by atoms with Crippen LogP contribution in [0.15, 0.2) is 42.5 Å². The van der Waals surface area contributed by atoms with Crippen LogP contribution in [0.1, 0.15) is 47.9 Å². The number of nitrogens with zero attached hydrogens (tertiary/aromatic N) is 4. The number of aryl methyl sites for hydroxylation is 1. The summed E-state index contributed by atoms with van der Waals surface area (Å²) < 4.78 is 13.4. The lowest BCUT2D eigenvalue weighted by molar-refractivity contribution is 0.0684. The van der Waals surface area contributed by atoms with Crippen LogP contribution >= 0.6 is 11.6 Å². The molecule has 1 fully saturated rings. The van der Waals surface area contributed by atoms with Gasteiger partial charge in [0.1, 0.15) is 17.1 Å². The monoisotopic (exact) mass is 549 g/mol. The molecule has 2 N–H and O–H groups in total. The third kappa shape index (κ3) is 6.15. The molecule has 0 radical (unpaired) electrons. The van der Waals surface area contributed by atoms with E-state index in [1.54, 1.807) is 7.11 Å². The van der Waals surface area contributed by atoms with Crippen LogP contribution in [-0.4, -0.2) is 57.0 Å². The van der Waals surface area contributed by atoms with E-state index in [0.29, 0.717) is 59.3 Å². The Morgan fingerprint density at radius 3 is 2.62 bits per heavy atom. The fraction of sp³-hybridized carbons (Fsp3) is 0.379. The number of carboxylic acids is 1. The van der Waals surface area contributed by atoms with Crippen LogP contribution in [0.25, 0.3) is 22.6 Å². The highest BCUT2D eigenvalue weighted by Gasteiger charge is 2.30. The Balaban J connectivity index is 1.70. The van der Waals surface area contributed by atoms with Crippen molar-refractivity contribution in [2.45, 2.75) is 45.7 Å². The zero-order valence-electron chi connectivity index (χ0n) is 22.3. The Bertz CT molecular complexity index is 1480. The van der Waals surface area contributed by atoms with E-state index in [4.69, 9.17) is 26.1 Å². The normalized spacial score (nSPS) is 13.9. The molecule has 2 heterocycles. The van der Waals surface area contributed by atoms with Crippen LogP contribution in [0.2, 0.25) is 5.02 Å². The summed E-state index contributed by atoms with van der Waals surface area (Å²) in [6.07, 6.45) is 3.01. The summed E-state index contributed by atoms with van der Waals surface area (Å²) in [5, 5.41) is 13.9. The maximum Gasteiger partial charge on any atom is 0.374 e. The molecule has 2 aromatic heterocycles. The van der Waals surface area contributed by atoms with Crippen molar-refractivity contribution in [3.8, 4) is 17.1 Å². The number of rotatable bonds is 12. The number of fused-ring (bicyclic) bond motifs is 1. The second-order valence-electron chi connectivity index (χ2n) is 9.99. The van der Waals surface area contributed by atoms with Crippen LogP contribution in [-0.2, 0) is 11.3 Å². The Hall–Kier alpha value is -3.69. The van der Waals surface area contributed by atoms with Gasteiger partial charge in [-0.2, -0.15) is 0 Å². The van der Waals surface area contributed by atoms with Gasteiger partial charge in [0.15, 0.2) is 11.5 Å². The predicted molar refractivity (Wildman–Crippen MR) is 151 cm³/mol. The number of nitrogens with one attached hydrogen (secondary N) is 1. The Kier molecular flexibility index (Phi) is 7.99.